The predicted molar refractivity (Wildman–Crippen MR) is 85.4 cm³/mol. The van der Waals surface area contributed by atoms with Crippen LogP contribution in [0.15, 0.2) is 71.8 Å². The number of rotatable bonds is 4. The molecule has 0 aliphatic rings. The van der Waals surface area contributed by atoms with Gasteiger partial charge in [-0.15, -0.1) is 0 Å². The Morgan fingerprint density at radius 3 is 2.52 bits per heavy atom. The van der Waals surface area contributed by atoms with Gasteiger partial charge in [-0.1, -0.05) is 48.5 Å². The van der Waals surface area contributed by atoms with Crippen LogP contribution in [0.25, 0.3) is 10.9 Å². The molecule has 0 aliphatic heterocycles. The number of benzene rings is 2. The molecule has 3 aromatic rings. The molecule has 0 unspecified atom stereocenters. The topological polar surface area (TPSA) is 57.5 Å². The summed E-state index contributed by atoms with van der Waals surface area (Å²) in [6.07, 6.45) is 0. The Morgan fingerprint density at radius 1 is 0.952 bits per heavy atom. The normalized spacial score (nSPS) is 11.6. The average molecular weight is 277 g/mol. The van der Waals surface area contributed by atoms with Crippen LogP contribution in [0, 0.1) is 0 Å². The number of nitrogens with one attached hydrogen (secondary N) is 1. The van der Waals surface area contributed by atoms with Gasteiger partial charge in [-0.2, -0.15) is 5.10 Å². The molecular formula is C17H15N3O. The molecule has 4 nitrogen and oxygen atoms in total. The van der Waals surface area contributed by atoms with Crippen molar-refractivity contribution in [3.05, 3.63) is 72.3 Å². The number of hydrogen-bond donors (Lipinski definition) is 2. The maximum Gasteiger partial charge on any atom is 0.146 e. The summed E-state index contributed by atoms with van der Waals surface area (Å²) < 4.78 is 0. The smallest absolute Gasteiger partial charge is 0.146 e. The quantitative estimate of drug-likeness (QED) is 0.569. The van der Waals surface area contributed by atoms with Gasteiger partial charge in [0.05, 0.1) is 17.8 Å². The van der Waals surface area contributed by atoms with E-state index in [1.54, 1.807) is 0 Å². The lowest BCUT2D eigenvalue weighted by Gasteiger charge is -2.05. The highest BCUT2D eigenvalue weighted by atomic mass is 16.3. The maximum absolute atomic E-state index is 9.44. The Bertz CT molecular complexity index is 769. The van der Waals surface area contributed by atoms with Crippen molar-refractivity contribution < 1.29 is 5.11 Å². The van der Waals surface area contributed by atoms with E-state index in [0.29, 0.717) is 11.5 Å². The van der Waals surface area contributed by atoms with Crippen molar-refractivity contribution in [2.75, 3.05) is 12.0 Å². The minimum atomic E-state index is -0.134. The van der Waals surface area contributed by atoms with Crippen LogP contribution in [-0.4, -0.2) is 22.4 Å². The number of fused-ring (bicyclic) bond motifs is 1. The number of para-hydroxylation sites is 1. The van der Waals surface area contributed by atoms with E-state index in [0.717, 1.165) is 16.5 Å². The molecule has 0 bridgehead atoms. The molecule has 2 N–H and O–H groups in total. The van der Waals surface area contributed by atoms with Gasteiger partial charge in [0, 0.05) is 10.9 Å². The highest BCUT2D eigenvalue weighted by Gasteiger charge is 2.02. The zero-order valence-electron chi connectivity index (χ0n) is 11.4. The van der Waals surface area contributed by atoms with Crippen molar-refractivity contribution in [2.45, 2.75) is 0 Å². The molecule has 1 heterocycles. The molecule has 2 aromatic carbocycles. The van der Waals surface area contributed by atoms with Gasteiger partial charge in [-0.05, 0) is 18.2 Å². The summed E-state index contributed by atoms with van der Waals surface area (Å²) in [7, 11) is 0. The third-order valence-electron chi connectivity index (χ3n) is 3.16. The Kier molecular flexibility index (Phi) is 3.89. The number of aromatic nitrogens is 1. The summed E-state index contributed by atoms with van der Waals surface area (Å²) in [4.78, 5) is 4.48. The Morgan fingerprint density at radius 2 is 1.71 bits per heavy atom. The molecular weight excluding hydrogens is 262 g/mol. The molecule has 1 aromatic heterocycles. The van der Waals surface area contributed by atoms with Gasteiger partial charge in [0.2, 0.25) is 0 Å². The highest BCUT2D eigenvalue weighted by Crippen LogP contribution is 2.14. The van der Waals surface area contributed by atoms with Crippen LogP contribution in [0.5, 0.6) is 0 Å². The van der Waals surface area contributed by atoms with Gasteiger partial charge in [0.1, 0.15) is 5.82 Å². The zero-order valence-corrected chi connectivity index (χ0v) is 11.4. The third-order valence-corrected chi connectivity index (χ3v) is 3.16. The second kappa shape index (κ2) is 6.15. The predicted octanol–water partition coefficient (Wildman–Crippen LogP) is 3.04. The van der Waals surface area contributed by atoms with Crippen molar-refractivity contribution >= 4 is 22.4 Å². The van der Waals surface area contributed by atoms with E-state index in [9.17, 15) is 5.11 Å². The molecule has 0 amide bonds. The van der Waals surface area contributed by atoms with E-state index in [-0.39, 0.29) is 6.61 Å². The molecule has 0 saturated carbocycles. The second-order valence-electron chi connectivity index (χ2n) is 4.58. The summed E-state index contributed by atoms with van der Waals surface area (Å²) in [5, 5.41) is 14.8. The first kappa shape index (κ1) is 13.3. The Hall–Kier alpha value is -2.72. The van der Waals surface area contributed by atoms with Crippen molar-refractivity contribution in [1.29, 1.82) is 0 Å². The van der Waals surface area contributed by atoms with Gasteiger partial charge < -0.3 is 5.11 Å². The van der Waals surface area contributed by atoms with Crippen LogP contribution in [0.2, 0.25) is 0 Å². The van der Waals surface area contributed by atoms with Crippen molar-refractivity contribution in [1.82, 2.24) is 4.98 Å². The molecule has 3 rings (SSSR count). The van der Waals surface area contributed by atoms with E-state index in [2.05, 4.69) is 15.5 Å². The number of hydrazone groups is 1. The van der Waals surface area contributed by atoms with Crippen LogP contribution < -0.4 is 5.43 Å². The summed E-state index contributed by atoms with van der Waals surface area (Å²) >= 11 is 0. The molecule has 4 heteroatoms. The lowest BCUT2D eigenvalue weighted by Crippen LogP contribution is -2.09. The Balaban J connectivity index is 1.85. The fraction of sp³-hybridized carbons (Fsp3) is 0.0588. The van der Waals surface area contributed by atoms with E-state index < -0.39 is 0 Å². The standard InChI is InChI=1S/C17H15N3O/c21-12-16(13-6-2-1-3-7-13)19-20-17-11-10-14-8-4-5-9-15(14)18-17/h1-11,21H,12H2,(H,18,20)/b19-16-. The summed E-state index contributed by atoms with van der Waals surface area (Å²) in [6.45, 7) is -0.134. The fourth-order valence-electron chi connectivity index (χ4n) is 2.07. The molecule has 0 spiro atoms. The largest absolute Gasteiger partial charge is 0.390 e. The van der Waals surface area contributed by atoms with E-state index in [1.807, 2.05) is 66.7 Å². The van der Waals surface area contributed by atoms with Gasteiger partial charge in [-0.25, -0.2) is 4.98 Å². The lowest BCUT2D eigenvalue weighted by molar-refractivity contribution is 0.357. The number of hydrogen-bond acceptors (Lipinski definition) is 4. The second-order valence-corrected chi connectivity index (χ2v) is 4.58. The minimum absolute atomic E-state index is 0.134. The first-order chi connectivity index (χ1) is 10.4. The number of pyridine rings is 1. The number of nitrogens with zero attached hydrogens (tertiary/aromatic N) is 2. The number of anilines is 1. The van der Waals surface area contributed by atoms with Gasteiger partial charge >= 0.3 is 0 Å². The summed E-state index contributed by atoms with van der Waals surface area (Å²) in [5.41, 5.74) is 5.27. The highest BCUT2D eigenvalue weighted by molar-refractivity contribution is 6.01. The lowest BCUT2D eigenvalue weighted by atomic mass is 10.1. The molecule has 0 fully saturated rings. The molecule has 0 saturated heterocycles. The SMILES string of the molecule is OC/C(=N/Nc1ccc2ccccc2n1)c1ccccc1. The van der Waals surface area contributed by atoms with Crippen molar-refractivity contribution in [3.63, 3.8) is 0 Å². The van der Waals surface area contributed by atoms with Crippen LogP contribution in [0.4, 0.5) is 5.82 Å². The number of aliphatic hydroxyl groups excluding tert-OH is 1. The van der Waals surface area contributed by atoms with Crippen LogP contribution >= 0.6 is 0 Å². The monoisotopic (exact) mass is 277 g/mol. The van der Waals surface area contributed by atoms with Crippen LogP contribution in [0.1, 0.15) is 5.56 Å². The summed E-state index contributed by atoms with van der Waals surface area (Å²) in [6, 6.07) is 21.3. The minimum Gasteiger partial charge on any atom is -0.390 e. The van der Waals surface area contributed by atoms with E-state index in [1.165, 1.54) is 0 Å². The maximum atomic E-state index is 9.44. The van der Waals surface area contributed by atoms with Crippen LogP contribution in [0.3, 0.4) is 0 Å². The zero-order chi connectivity index (χ0) is 14.5. The van der Waals surface area contributed by atoms with Crippen molar-refractivity contribution in [3.8, 4) is 0 Å². The molecule has 0 aliphatic carbocycles. The molecule has 0 atom stereocenters. The van der Waals surface area contributed by atoms with Gasteiger partial charge in [0.15, 0.2) is 0 Å². The van der Waals surface area contributed by atoms with Gasteiger partial charge in [0.25, 0.3) is 0 Å². The average Bonchev–Trinajstić information content (AvgIpc) is 2.56. The number of aliphatic hydroxyl groups is 1. The third kappa shape index (κ3) is 3.07. The van der Waals surface area contributed by atoms with Gasteiger partial charge in [-0.3, -0.25) is 5.43 Å². The first-order valence-corrected chi connectivity index (χ1v) is 6.71. The summed E-state index contributed by atoms with van der Waals surface area (Å²) in [5.74, 6) is 0.649. The Labute approximate surface area is 122 Å². The fourth-order valence-corrected chi connectivity index (χ4v) is 2.07. The molecule has 0 radical (unpaired) electrons. The molecule has 104 valence electrons. The molecule has 21 heavy (non-hydrogen) atoms. The van der Waals surface area contributed by atoms with E-state index >= 15 is 0 Å². The van der Waals surface area contributed by atoms with E-state index in [4.69, 9.17) is 0 Å². The van der Waals surface area contributed by atoms with Crippen LogP contribution in [-0.2, 0) is 0 Å². The first-order valence-electron chi connectivity index (χ1n) is 6.71. The van der Waals surface area contributed by atoms with Crippen molar-refractivity contribution in [2.24, 2.45) is 5.10 Å².